The van der Waals surface area contributed by atoms with Gasteiger partial charge in [-0.25, -0.2) is 0 Å². The highest BCUT2D eigenvalue weighted by molar-refractivity contribution is 9.10. The number of halogens is 1. The Kier molecular flexibility index (Phi) is 5.99. The number of furan rings is 1. The molecule has 0 unspecified atom stereocenters. The zero-order valence-electron chi connectivity index (χ0n) is 16.3. The summed E-state index contributed by atoms with van der Waals surface area (Å²) in [6.45, 7) is 3.31. The summed E-state index contributed by atoms with van der Waals surface area (Å²) in [5.74, 6) is 1.66. The highest BCUT2D eigenvalue weighted by Crippen LogP contribution is 2.41. The second-order valence-electron chi connectivity index (χ2n) is 7.00. The predicted octanol–water partition coefficient (Wildman–Crippen LogP) is 5.03. The van der Waals surface area contributed by atoms with Crippen molar-refractivity contribution in [1.82, 2.24) is 15.2 Å². The summed E-state index contributed by atoms with van der Waals surface area (Å²) < 4.78 is 12.7. The summed E-state index contributed by atoms with van der Waals surface area (Å²) in [5, 5.41) is 4.09. The maximum Gasteiger partial charge on any atom is 0.170 e. The van der Waals surface area contributed by atoms with Crippen LogP contribution in [-0.2, 0) is 4.74 Å². The van der Waals surface area contributed by atoms with Crippen molar-refractivity contribution in [3.63, 3.8) is 0 Å². The van der Waals surface area contributed by atoms with Crippen LogP contribution in [0.25, 0.3) is 11.3 Å². The normalized spacial score (nSPS) is 18.9. The van der Waals surface area contributed by atoms with E-state index in [0.717, 1.165) is 27.3 Å². The molecule has 0 aliphatic carbocycles. The highest BCUT2D eigenvalue weighted by Gasteiger charge is 2.41. The Morgan fingerprint density at radius 1 is 1.24 bits per heavy atom. The second-order valence-corrected chi connectivity index (χ2v) is 8.24. The number of pyridine rings is 1. The molecule has 0 bridgehead atoms. The minimum atomic E-state index is -0.106. The quantitative estimate of drug-likeness (QED) is 0.508. The number of aryl methyl sites for hydroxylation is 1. The van der Waals surface area contributed by atoms with Gasteiger partial charge in [0.15, 0.2) is 5.11 Å². The van der Waals surface area contributed by atoms with Crippen molar-refractivity contribution in [3.8, 4) is 11.3 Å². The van der Waals surface area contributed by atoms with E-state index in [0.29, 0.717) is 18.3 Å². The van der Waals surface area contributed by atoms with Gasteiger partial charge in [-0.1, -0.05) is 28.1 Å². The van der Waals surface area contributed by atoms with Crippen LogP contribution in [0.5, 0.6) is 0 Å². The molecule has 1 N–H and O–H groups in total. The van der Waals surface area contributed by atoms with Crippen LogP contribution in [0.15, 0.2) is 63.6 Å². The molecule has 1 aliphatic rings. The van der Waals surface area contributed by atoms with E-state index >= 15 is 0 Å². The Morgan fingerprint density at radius 3 is 2.83 bits per heavy atom. The number of aromatic nitrogens is 1. The Balaban J connectivity index is 1.72. The third-order valence-electron chi connectivity index (χ3n) is 5.04. The zero-order valence-corrected chi connectivity index (χ0v) is 18.7. The molecule has 1 aliphatic heterocycles. The molecule has 1 aromatic carbocycles. The number of ether oxygens (including phenoxy) is 1. The minimum Gasteiger partial charge on any atom is -0.459 e. The van der Waals surface area contributed by atoms with Crippen molar-refractivity contribution in [2.45, 2.75) is 19.0 Å². The number of nitrogens with zero attached hydrogens (tertiary/aromatic N) is 2. The van der Waals surface area contributed by atoms with Gasteiger partial charge in [-0.05, 0) is 61.1 Å². The summed E-state index contributed by atoms with van der Waals surface area (Å²) in [7, 11) is 1.69. The summed E-state index contributed by atoms with van der Waals surface area (Å²) >= 11 is 9.28. The molecule has 0 radical (unpaired) electrons. The molecule has 150 valence electrons. The molecule has 0 amide bonds. The van der Waals surface area contributed by atoms with Crippen molar-refractivity contribution < 1.29 is 9.15 Å². The SMILES string of the molecule is COCCN1C(=S)N[C@H](c2ccccn2)[C@@H]1c1ccc(-c2ccc(C)cc2Br)o1. The fraction of sp³-hybridized carbons (Fsp3) is 0.273. The zero-order chi connectivity index (χ0) is 20.4. The van der Waals surface area contributed by atoms with Crippen molar-refractivity contribution in [1.29, 1.82) is 0 Å². The van der Waals surface area contributed by atoms with E-state index in [1.807, 2.05) is 30.3 Å². The lowest BCUT2D eigenvalue weighted by Gasteiger charge is -2.25. The van der Waals surface area contributed by atoms with Gasteiger partial charge in [-0.15, -0.1) is 0 Å². The Morgan fingerprint density at radius 2 is 2.10 bits per heavy atom. The van der Waals surface area contributed by atoms with Gasteiger partial charge in [0, 0.05) is 29.9 Å². The van der Waals surface area contributed by atoms with Crippen LogP contribution in [0.1, 0.15) is 29.1 Å². The molecule has 0 saturated carbocycles. The van der Waals surface area contributed by atoms with Gasteiger partial charge < -0.3 is 19.4 Å². The maximum atomic E-state index is 6.34. The fourth-order valence-electron chi connectivity index (χ4n) is 3.62. The summed E-state index contributed by atoms with van der Waals surface area (Å²) in [6, 6.07) is 16.0. The van der Waals surface area contributed by atoms with Gasteiger partial charge in [0.25, 0.3) is 0 Å². The molecule has 2 aromatic heterocycles. The number of hydrogen-bond donors (Lipinski definition) is 1. The highest BCUT2D eigenvalue weighted by atomic mass is 79.9. The van der Waals surface area contributed by atoms with Crippen molar-refractivity contribution in [2.75, 3.05) is 20.3 Å². The van der Waals surface area contributed by atoms with Gasteiger partial charge in [0.2, 0.25) is 0 Å². The predicted molar refractivity (Wildman–Crippen MR) is 121 cm³/mol. The lowest BCUT2D eigenvalue weighted by molar-refractivity contribution is 0.158. The van der Waals surface area contributed by atoms with Crippen LogP contribution in [-0.4, -0.2) is 35.3 Å². The van der Waals surface area contributed by atoms with Crippen LogP contribution in [0.3, 0.4) is 0 Å². The fourth-order valence-corrected chi connectivity index (χ4v) is 4.64. The molecule has 1 fully saturated rings. The smallest absolute Gasteiger partial charge is 0.170 e. The van der Waals surface area contributed by atoms with E-state index in [1.54, 1.807) is 13.3 Å². The topological polar surface area (TPSA) is 50.5 Å². The minimum absolute atomic E-state index is 0.0963. The first-order chi connectivity index (χ1) is 14.1. The lowest BCUT2D eigenvalue weighted by atomic mass is 10.0. The van der Waals surface area contributed by atoms with Gasteiger partial charge in [0.1, 0.15) is 17.6 Å². The lowest BCUT2D eigenvalue weighted by Crippen LogP contribution is -2.32. The van der Waals surface area contributed by atoms with E-state index in [-0.39, 0.29) is 12.1 Å². The number of nitrogens with one attached hydrogen (secondary N) is 1. The van der Waals surface area contributed by atoms with Crippen molar-refractivity contribution >= 4 is 33.3 Å². The molecule has 29 heavy (non-hydrogen) atoms. The van der Waals surface area contributed by atoms with E-state index in [9.17, 15) is 0 Å². The van der Waals surface area contributed by atoms with Gasteiger partial charge >= 0.3 is 0 Å². The summed E-state index contributed by atoms with van der Waals surface area (Å²) in [5.41, 5.74) is 3.14. The third kappa shape index (κ3) is 4.08. The largest absolute Gasteiger partial charge is 0.459 e. The van der Waals surface area contributed by atoms with E-state index < -0.39 is 0 Å². The van der Waals surface area contributed by atoms with Crippen LogP contribution in [0.4, 0.5) is 0 Å². The second kappa shape index (κ2) is 8.65. The van der Waals surface area contributed by atoms with Crippen LogP contribution < -0.4 is 5.32 Å². The maximum absolute atomic E-state index is 6.34. The van der Waals surface area contributed by atoms with Crippen LogP contribution in [0.2, 0.25) is 0 Å². The molecule has 0 spiro atoms. The molecular formula is C22H22BrN3O2S. The third-order valence-corrected chi connectivity index (χ3v) is 6.05. The molecular weight excluding hydrogens is 450 g/mol. The molecule has 5 nitrogen and oxygen atoms in total. The van der Waals surface area contributed by atoms with E-state index in [4.69, 9.17) is 21.4 Å². The molecule has 3 aromatic rings. The first-order valence-electron chi connectivity index (χ1n) is 9.41. The summed E-state index contributed by atoms with van der Waals surface area (Å²) in [4.78, 5) is 6.66. The Labute approximate surface area is 184 Å². The molecule has 2 atom stereocenters. The van der Waals surface area contributed by atoms with E-state index in [2.05, 4.69) is 56.3 Å². The number of rotatable bonds is 6. The average molecular weight is 472 g/mol. The molecule has 7 heteroatoms. The molecule has 4 rings (SSSR count). The van der Waals surface area contributed by atoms with Crippen molar-refractivity contribution in [2.24, 2.45) is 0 Å². The molecule has 3 heterocycles. The van der Waals surface area contributed by atoms with Gasteiger partial charge in [-0.2, -0.15) is 0 Å². The first kappa shape index (κ1) is 20.1. The van der Waals surface area contributed by atoms with Crippen LogP contribution >= 0.6 is 28.1 Å². The molecule has 1 saturated heterocycles. The van der Waals surface area contributed by atoms with Crippen LogP contribution in [0, 0.1) is 6.92 Å². The average Bonchev–Trinajstić information content (AvgIpc) is 3.31. The van der Waals surface area contributed by atoms with Gasteiger partial charge in [0.05, 0.1) is 18.3 Å². The first-order valence-corrected chi connectivity index (χ1v) is 10.6. The Bertz CT molecular complexity index is 1010. The number of thiocarbonyl (C=S) groups is 1. The standard InChI is InChI=1S/C22H22BrN3O2S/c1-14-6-7-15(16(23)13-14)18-8-9-19(28-18)21-20(17-5-3-4-10-24-17)25-22(29)26(21)11-12-27-2/h3-10,13,20-21H,11-12H2,1-2H3,(H,25,29)/t20-,21+/m1/s1. The van der Waals surface area contributed by atoms with E-state index in [1.165, 1.54) is 5.56 Å². The number of hydrogen-bond acceptors (Lipinski definition) is 4. The van der Waals surface area contributed by atoms with Gasteiger partial charge in [-0.3, -0.25) is 4.98 Å². The number of methoxy groups -OCH3 is 1. The summed E-state index contributed by atoms with van der Waals surface area (Å²) in [6.07, 6.45) is 1.80. The monoisotopic (exact) mass is 471 g/mol. The Hall–Kier alpha value is -2.22. The van der Waals surface area contributed by atoms with Crippen molar-refractivity contribution in [3.05, 3.63) is 76.2 Å². The number of benzene rings is 1.